The van der Waals surface area contributed by atoms with Crippen LogP contribution in [0.5, 0.6) is 0 Å². The molecule has 0 aromatic carbocycles. The summed E-state index contributed by atoms with van der Waals surface area (Å²) in [4.78, 5) is 15.5. The van der Waals surface area contributed by atoms with Crippen molar-refractivity contribution in [1.29, 1.82) is 0 Å². The lowest BCUT2D eigenvalue weighted by Gasteiger charge is -2.06. The molecule has 0 saturated carbocycles. The Bertz CT molecular complexity index is 362. The summed E-state index contributed by atoms with van der Waals surface area (Å²) in [5.74, 6) is 0.403. The minimum atomic E-state index is -0.100. The number of aryl methyl sites for hydroxylation is 1. The molecule has 5 heteroatoms. The molecule has 1 rings (SSSR count). The zero-order chi connectivity index (χ0) is 11.8. The summed E-state index contributed by atoms with van der Waals surface area (Å²) in [6.45, 7) is 4.30. The molecule has 1 heterocycles. The summed E-state index contributed by atoms with van der Waals surface area (Å²) in [6, 6.07) is 0. The molecule has 1 aromatic heterocycles. The molecule has 0 aliphatic carbocycles. The number of ether oxygens (including phenoxy) is 1. The van der Waals surface area contributed by atoms with Gasteiger partial charge in [0.2, 0.25) is 0 Å². The van der Waals surface area contributed by atoms with Gasteiger partial charge in [0.1, 0.15) is 0 Å². The average molecular weight is 225 g/mol. The first-order valence-corrected chi connectivity index (χ1v) is 5.59. The SMILES string of the molecule is CCCOCCCNc1nccn(C)c1=O. The molecule has 0 radical (unpaired) electrons. The monoisotopic (exact) mass is 225 g/mol. The lowest BCUT2D eigenvalue weighted by molar-refractivity contribution is 0.134. The van der Waals surface area contributed by atoms with Crippen molar-refractivity contribution in [1.82, 2.24) is 9.55 Å². The van der Waals surface area contributed by atoms with Crippen molar-refractivity contribution in [2.45, 2.75) is 19.8 Å². The van der Waals surface area contributed by atoms with E-state index < -0.39 is 0 Å². The molecule has 0 fully saturated rings. The highest BCUT2D eigenvalue weighted by Crippen LogP contribution is 1.92. The largest absolute Gasteiger partial charge is 0.381 e. The van der Waals surface area contributed by atoms with E-state index in [4.69, 9.17) is 4.74 Å². The molecular weight excluding hydrogens is 206 g/mol. The first kappa shape index (κ1) is 12.7. The van der Waals surface area contributed by atoms with Crippen LogP contribution in [0, 0.1) is 0 Å². The zero-order valence-corrected chi connectivity index (χ0v) is 9.90. The van der Waals surface area contributed by atoms with Crippen LogP contribution in [0.25, 0.3) is 0 Å². The summed E-state index contributed by atoms with van der Waals surface area (Å²) in [5, 5.41) is 3.01. The van der Waals surface area contributed by atoms with E-state index in [0.717, 1.165) is 19.4 Å². The summed E-state index contributed by atoms with van der Waals surface area (Å²) in [5.41, 5.74) is -0.100. The van der Waals surface area contributed by atoms with Crippen LogP contribution < -0.4 is 10.9 Å². The Balaban J connectivity index is 2.27. The van der Waals surface area contributed by atoms with Gasteiger partial charge in [0.25, 0.3) is 5.56 Å². The summed E-state index contributed by atoms with van der Waals surface area (Å²) in [6.07, 6.45) is 5.16. The van der Waals surface area contributed by atoms with Gasteiger partial charge in [-0.25, -0.2) is 4.98 Å². The Morgan fingerprint density at radius 2 is 2.31 bits per heavy atom. The standard InChI is InChI=1S/C11H19N3O2/c1-3-8-16-9-4-5-12-10-11(15)14(2)7-6-13-10/h6-7H,3-5,8-9H2,1-2H3,(H,12,13). The molecule has 0 unspecified atom stereocenters. The van der Waals surface area contributed by atoms with Crippen LogP contribution in [0.4, 0.5) is 5.82 Å². The van der Waals surface area contributed by atoms with E-state index in [9.17, 15) is 4.79 Å². The third-order valence-electron chi connectivity index (χ3n) is 2.12. The molecule has 16 heavy (non-hydrogen) atoms. The van der Waals surface area contributed by atoms with Gasteiger partial charge in [0.05, 0.1) is 0 Å². The number of anilines is 1. The van der Waals surface area contributed by atoms with Crippen molar-refractivity contribution in [2.24, 2.45) is 7.05 Å². The van der Waals surface area contributed by atoms with Gasteiger partial charge in [0, 0.05) is 39.2 Å². The lowest BCUT2D eigenvalue weighted by atomic mass is 10.4. The van der Waals surface area contributed by atoms with Crippen LogP contribution in [-0.2, 0) is 11.8 Å². The first-order valence-electron chi connectivity index (χ1n) is 5.59. The molecule has 0 atom stereocenters. The highest BCUT2D eigenvalue weighted by molar-refractivity contribution is 5.30. The quantitative estimate of drug-likeness (QED) is 0.704. The Morgan fingerprint density at radius 3 is 3.06 bits per heavy atom. The minimum Gasteiger partial charge on any atom is -0.381 e. The van der Waals surface area contributed by atoms with Crippen LogP contribution in [0.3, 0.4) is 0 Å². The van der Waals surface area contributed by atoms with E-state index in [2.05, 4.69) is 17.2 Å². The van der Waals surface area contributed by atoms with Crippen molar-refractivity contribution in [2.75, 3.05) is 25.1 Å². The fourth-order valence-electron chi connectivity index (χ4n) is 1.25. The number of aromatic nitrogens is 2. The maximum atomic E-state index is 11.5. The number of hydrogen-bond acceptors (Lipinski definition) is 4. The van der Waals surface area contributed by atoms with Gasteiger partial charge in [-0.2, -0.15) is 0 Å². The lowest BCUT2D eigenvalue weighted by Crippen LogP contribution is -2.22. The van der Waals surface area contributed by atoms with Crippen molar-refractivity contribution in [3.05, 3.63) is 22.7 Å². The third kappa shape index (κ3) is 4.02. The predicted octanol–water partition coefficient (Wildman–Crippen LogP) is 1.01. The number of nitrogens with one attached hydrogen (secondary N) is 1. The second-order valence-electron chi connectivity index (χ2n) is 3.58. The van der Waals surface area contributed by atoms with Crippen LogP contribution in [0.15, 0.2) is 17.2 Å². The van der Waals surface area contributed by atoms with E-state index in [-0.39, 0.29) is 5.56 Å². The molecule has 0 aliphatic heterocycles. The molecule has 1 aromatic rings. The second-order valence-corrected chi connectivity index (χ2v) is 3.58. The van der Waals surface area contributed by atoms with E-state index in [1.807, 2.05) is 0 Å². The van der Waals surface area contributed by atoms with Gasteiger partial charge in [-0.15, -0.1) is 0 Å². The molecular formula is C11H19N3O2. The first-order chi connectivity index (χ1) is 7.75. The molecule has 5 nitrogen and oxygen atoms in total. The Labute approximate surface area is 95.5 Å². The van der Waals surface area contributed by atoms with Crippen molar-refractivity contribution in [3.63, 3.8) is 0 Å². The van der Waals surface area contributed by atoms with Gasteiger partial charge in [-0.3, -0.25) is 4.79 Å². The van der Waals surface area contributed by atoms with Gasteiger partial charge >= 0.3 is 0 Å². The number of rotatable bonds is 7. The van der Waals surface area contributed by atoms with Crippen LogP contribution >= 0.6 is 0 Å². The molecule has 90 valence electrons. The third-order valence-corrected chi connectivity index (χ3v) is 2.12. The van der Waals surface area contributed by atoms with Gasteiger partial charge in [0.15, 0.2) is 5.82 Å². The maximum Gasteiger partial charge on any atom is 0.293 e. The van der Waals surface area contributed by atoms with E-state index >= 15 is 0 Å². The van der Waals surface area contributed by atoms with E-state index in [0.29, 0.717) is 19.0 Å². The van der Waals surface area contributed by atoms with E-state index in [1.54, 1.807) is 19.4 Å². The van der Waals surface area contributed by atoms with Crippen LogP contribution in [0.1, 0.15) is 19.8 Å². The molecule has 1 N–H and O–H groups in total. The molecule has 0 aliphatic rings. The predicted molar refractivity (Wildman–Crippen MR) is 63.7 cm³/mol. The maximum absolute atomic E-state index is 11.5. The zero-order valence-electron chi connectivity index (χ0n) is 9.90. The molecule has 0 amide bonds. The van der Waals surface area contributed by atoms with Crippen LogP contribution in [0.2, 0.25) is 0 Å². The van der Waals surface area contributed by atoms with Crippen molar-refractivity contribution >= 4 is 5.82 Å². The number of hydrogen-bond donors (Lipinski definition) is 1. The van der Waals surface area contributed by atoms with Gasteiger partial charge in [-0.05, 0) is 12.8 Å². The van der Waals surface area contributed by atoms with Crippen molar-refractivity contribution in [3.8, 4) is 0 Å². The topological polar surface area (TPSA) is 56.1 Å². The molecule has 0 bridgehead atoms. The van der Waals surface area contributed by atoms with E-state index in [1.165, 1.54) is 4.57 Å². The highest BCUT2D eigenvalue weighted by atomic mass is 16.5. The summed E-state index contributed by atoms with van der Waals surface area (Å²) < 4.78 is 6.83. The van der Waals surface area contributed by atoms with Crippen LogP contribution in [-0.4, -0.2) is 29.3 Å². The fraction of sp³-hybridized carbons (Fsp3) is 0.636. The normalized spacial score (nSPS) is 10.4. The van der Waals surface area contributed by atoms with Gasteiger partial charge in [-0.1, -0.05) is 6.92 Å². The highest BCUT2D eigenvalue weighted by Gasteiger charge is 2.00. The smallest absolute Gasteiger partial charge is 0.293 e. The molecule has 0 saturated heterocycles. The summed E-state index contributed by atoms with van der Waals surface area (Å²) in [7, 11) is 1.71. The second kappa shape index (κ2) is 7.00. The minimum absolute atomic E-state index is 0.100. The fourth-order valence-corrected chi connectivity index (χ4v) is 1.25. The Hall–Kier alpha value is -1.36. The van der Waals surface area contributed by atoms with Crippen molar-refractivity contribution < 1.29 is 4.74 Å². The Morgan fingerprint density at radius 1 is 1.50 bits per heavy atom. The average Bonchev–Trinajstić information content (AvgIpc) is 2.29. The molecule has 0 spiro atoms. The van der Waals surface area contributed by atoms with Gasteiger partial charge < -0.3 is 14.6 Å². The Kier molecular flexibility index (Phi) is 5.56. The summed E-state index contributed by atoms with van der Waals surface area (Å²) >= 11 is 0. The number of nitrogens with zero attached hydrogens (tertiary/aromatic N) is 2.